The number of hydrogen-bond donors (Lipinski definition) is 2. The molecular weight excluding hydrogens is 369 g/mol. The van der Waals surface area contributed by atoms with Crippen LogP contribution < -0.4 is 4.90 Å². The highest BCUT2D eigenvalue weighted by molar-refractivity contribution is 7.15. The van der Waals surface area contributed by atoms with Crippen LogP contribution >= 0.6 is 34.5 Å². The summed E-state index contributed by atoms with van der Waals surface area (Å²) in [6.45, 7) is 3.21. The monoisotopic (exact) mass is 381 g/mol. The van der Waals surface area contributed by atoms with Gasteiger partial charge in [-0.2, -0.15) is 0 Å². The van der Waals surface area contributed by atoms with Crippen LogP contribution in [0.5, 0.6) is 0 Å². The molecule has 5 nitrogen and oxygen atoms in total. The number of aromatic nitrogens is 2. The molecule has 2 N–H and O–H groups in total. The Balaban J connectivity index is 1.76. The van der Waals surface area contributed by atoms with Crippen molar-refractivity contribution in [2.75, 3.05) is 11.4 Å². The van der Waals surface area contributed by atoms with Gasteiger partial charge in [-0.1, -0.05) is 23.2 Å². The van der Waals surface area contributed by atoms with Crippen LogP contribution in [-0.2, 0) is 13.0 Å². The molecule has 0 atom stereocenters. The molecule has 1 aliphatic heterocycles. The van der Waals surface area contributed by atoms with E-state index < -0.39 is 5.97 Å². The summed E-state index contributed by atoms with van der Waals surface area (Å²) in [6, 6.07) is 3.64. The van der Waals surface area contributed by atoms with Crippen LogP contribution in [0.3, 0.4) is 0 Å². The molecule has 3 heterocycles. The lowest BCUT2D eigenvalue weighted by Crippen LogP contribution is -2.30. The molecule has 0 amide bonds. The number of thiazole rings is 1. The number of halogens is 2. The van der Waals surface area contributed by atoms with Crippen LogP contribution in [0.2, 0.25) is 10.0 Å². The molecule has 0 bridgehead atoms. The number of anilines is 1. The summed E-state index contributed by atoms with van der Waals surface area (Å²) in [6.07, 6.45) is 0.818. The lowest BCUT2D eigenvalue weighted by molar-refractivity contribution is 0.0690. The van der Waals surface area contributed by atoms with Crippen molar-refractivity contribution < 1.29 is 9.90 Å². The molecular formula is C16H13Cl2N3O2S. The summed E-state index contributed by atoms with van der Waals surface area (Å²) in [4.78, 5) is 21.7. The zero-order chi connectivity index (χ0) is 17.0. The fourth-order valence-electron chi connectivity index (χ4n) is 3.12. The normalized spacial score (nSPS) is 14.2. The quantitative estimate of drug-likeness (QED) is 0.685. The number of H-pyrrole nitrogens is 1. The number of nitrogens with one attached hydrogen (secondary N) is 1. The summed E-state index contributed by atoms with van der Waals surface area (Å²) in [5.74, 6) is -0.988. The van der Waals surface area contributed by atoms with Crippen LogP contribution in [0.4, 0.5) is 5.13 Å². The van der Waals surface area contributed by atoms with Crippen molar-refractivity contribution in [2.24, 2.45) is 0 Å². The molecule has 0 fully saturated rings. The van der Waals surface area contributed by atoms with Gasteiger partial charge in [0.1, 0.15) is 0 Å². The minimum absolute atomic E-state index is 0.130. The number of benzene rings is 1. The van der Waals surface area contributed by atoms with E-state index in [1.54, 1.807) is 13.0 Å². The highest BCUT2D eigenvalue weighted by Crippen LogP contribution is 2.36. The van der Waals surface area contributed by atoms with Gasteiger partial charge in [0.25, 0.3) is 0 Å². The molecule has 0 saturated heterocycles. The van der Waals surface area contributed by atoms with Crippen molar-refractivity contribution in [1.29, 1.82) is 0 Å². The largest absolute Gasteiger partial charge is 0.476 e. The van der Waals surface area contributed by atoms with E-state index in [1.807, 2.05) is 6.07 Å². The van der Waals surface area contributed by atoms with Crippen molar-refractivity contribution in [1.82, 2.24) is 9.97 Å². The van der Waals surface area contributed by atoms with Gasteiger partial charge < -0.3 is 15.0 Å². The summed E-state index contributed by atoms with van der Waals surface area (Å²) >= 11 is 13.8. The van der Waals surface area contributed by atoms with Crippen molar-refractivity contribution in [3.8, 4) is 0 Å². The SMILES string of the molecule is Cc1sc(N2CCc3[nH]c4c(Cl)cc(Cl)cc4c3C2)nc1C(=O)O. The third kappa shape index (κ3) is 2.46. The van der Waals surface area contributed by atoms with Gasteiger partial charge in [-0.25, -0.2) is 9.78 Å². The Morgan fingerprint density at radius 3 is 2.92 bits per heavy atom. The van der Waals surface area contributed by atoms with Gasteiger partial charge in [-0.05, 0) is 19.1 Å². The Labute approximate surface area is 151 Å². The number of aryl methyl sites for hydroxylation is 1. The topological polar surface area (TPSA) is 69.2 Å². The molecule has 1 aromatic carbocycles. The molecule has 0 saturated carbocycles. The van der Waals surface area contributed by atoms with Gasteiger partial charge in [0, 0.05) is 46.1 Å². The van der Waals surface area contributed by atoms with E-state index in [2.05, 4.69) is 14.9 Å². The second-order valence-electron chi connectivity index (χ2n) is 5.77. The molecule has 0 unspecified atom stereocenters. The van der Waals surface area contributed by atoms with E-state index in [4.69, 9.17) is 23.2 Å². The maximum Gasteiger partial charge on any atom is 0.355 e. The van der Waals surface area contributed by atoms with Gasteiger partial charge in [0.2, 0.25) is 0 Å². The number of carboxylic acids is 1. The minimum Gasteiger partial charge on any atom is -0.476 e. The minimum atomic E-state index is -0.988. The number of carbonyl (C=O) groups is 1. The zero-order valence-corrected chi connectivity index (χ0v) is 15.0. The average Bonchev–Trinajstić information content (AvgIpc) is 3.08. The fraction of sp³-hybridized carbons (Fsp3) is 0.250. The smallest absolute Gasteiger partial charge is 0.355 e. The first kappa shape index (κ1) is 15.7. The van der Waals surface area contributed by atoms with Crippen molar-refractivity contribution in [3.63, 3.8) is 0 Å². The lowest BCUT2D eigenvalue weighted by atomic mass is 10.1. The van der Waals surface area contributed by atoms with E-state index >= 15 is 0 Å². The van der Waals surface area contributed by atoms with Gasteiger partial charge in [-0.15, -0.1) is 11.3 Å². The summed E-state index contributed by atoms with van der Waals surface area (Å²) in [5.41, 5.74) is 3.32. The second-order valence-corrected chi connectivity index (χ2v) is 7.80. The highest BCUT2D eigenvalue weighted by atomic mass is 35.5. The van der Waals surface area contributed by atoms with Crippen molar-refractivity contribution >= 4 is 56.5 Å². The number of rotatable bonds is 2. The zero-order valence-electron chi connectivity index (χ0n) is 12.7. The number of aromatic carboxylic acids is 1. The molecule has 8 heteroatoms. The molecule has 24 heavy (non-hydrogen) atoms. The number of hydrogen-bond acceptors (Lipinski definition) is 4. The van der Waals surface area contributed by atoms with Gasteiger partial charge >= 0.3 is 5.97 Å². The summed E-state index contributed by atoms with van der Waals surface area (Å²) in [7, 11) is 0. The second kappa shape index (κ2) is 5.65. The van der Waals surface area contributed by atoms with Crippen molar-refractivity contribution in [3.05, 3.63) is 44.0 Å². The molecule has 0 spiro atoms. The highest BCUT2D eigenvalue weighted by Gasteiger charge is 2.25. The maximum atomic E-state index is 11.2. The van der Waals surface area contributed by atoms with Crippen LogP contribution in [0.15, 0.2) is 12.1 Å². The third-order valence-electron chi connectivity index (χ3n) is 4.26. The van der Waals surface area contributed by atoms with Crippen LogP contribution in [0, 0.1) is 6.92 Å². The number of fused-ring (bicyclic) bond motifs is 3. The summed E-state index contributed by atoms with van der Waals surface area (Å²) in [5, 5.41) is 12.2. The number of aromatic amines is 1. The van der Waals surface area contributed by atoms with Crippen LogP contribution in [-0.4, -0.2) is 27.6 Å². The fourth-order valence-corrected chi connectivity index (χ4v) is 4.58. The first-order valence-electron chi connectivity index (χ1n) is 7.38. The Bertz CT molecular complexity index is 980. The molecule has 124 valence electrons. The molecule has 1 aliphatic rings. The average molecular weight is 382 g/mol. The predicted molar refractivity (Wildman–Crippen MR) is 96.9 cm³/mol. The Morgan fingerprint density at radius 1 is 1.42 bits per heavy atom. The molecule has 2 aromatic heterocycles. The standard InChI is InChI=1S/C16H13Cl2N3O2S/c1-7-13(15(22)23)20-16(24-7)21-3-2-12-10(6-21)9-4-8(17)5-11(18)14(9)19-12/h4-5,19H,2-3,6H2,1H3,(H,22,23). The number of nitrogens with zero attached hydrogens (tertiary/aromatic N) is 2. The van der Waals surface area contributed by atoms with E-state index in [0.29, 0.717) is 21.5 Å². The lowest BCUT2D eigenvalue weighted by Gasteiger charge is -2.26. The molecule has 3 aromatic rings. The molecule has 0 aliphatic carbocycles. The predicted octanol–water partition coefficient (Wildman–Crippen LogP) is 4.50. The van der Waals surface area contributed by atoms with Crippen molar-refractivity contribution in [2.45, 2.75) is 19.9 Å². The first-order valence-corrected chi connectivity index (χ1v) is 8.95. The molecule has 4 rings (SSSR count). The van der Waals surface area contributed by atoms with E-state index in [0.717, 1.165) is 40.3 Å². The maximum absolute atomic E-state index is 11.2. The van der Waals surface area contributed by atoms with Crippen LogP contribution in [0.1, 0.15) is 26.6 Å². The van der Waals surface area contributed by atoms with E-state index in [1.165, 1.54) is 11.3 Å². The van der Waals surface area contributed by atoms with Gasteiger partial charge in [0.05, 0.1) is 10.5 Å². The van der Waals surface area contributed by atoms with E-state index in [-0.39, 0.29) is 5.69 Å². The van der Waals surface area contributed by atoms with E-state index in [9.17, 15) is 9.90 Å². The molecule has 0 radical (unpaired) electrons. The first-order chi connectivity index (χ1) is 11.4. The Morgan fingerprint density at radius 2 is 2.21 bits per heavy atom. The van der Waals surface area contributed by atoms with Gasteiger partial charge in [-0.3, -0.25) is 0 Å². The number of carboxylic acid groups (broad SMARTS) is 1. The summed E-state index contributed by atoms with van der Waals surface area (Å²) < 4.78 is 0. The Hall–Kier alpha value is -1.76. The Kier molecular flexibility index (Phi) is 3.71. The van der Waals surface area contributed by atoms with Crippen LogP contribution in [0.25, 0.3) is 10.9 Å². The van der Waals surface area contributed by atoms with Gasteiger partial charge in [0.15, 0.2) is 10.8 Å². The third-order valence-corrected chi connectivity index (χ3v) is 5.81.